The van der Waals surface area contributed by atoms with E-state index < -0.39 is 5.97 Å². The van der Waals surface area contributed by atoms with E-state index in [9.17, 15) is 9.59 Å². The Morgan fingerprint density at radius 2 is 1.81 bits per heavy atom. The number of halogens is 4. The lowest BCUT2D eigenvalue weighted by atomic mass is 10.2. The molecule has 2 aromatic carbocycles. The van der Waals surface area contributed by atoms with Gasteiger partial charge in [0.1, 0.15) is 0 Å². The maximum absolute atomic E-state index is 12.9. The molecule has 1 fully saturated rings. The number of thiocarbonyl (C=S) groups is 1. The lowest BCUT2D eigenvalue weighted by molar-refractivity contribution is -0.145. The van der Waals surface area contributed by atoms with Crippen LogP contribution in [0.1, 0.15) is 12.5 Å². The van der Waals surface area contributed by atoms with E-state index in [4.69, 9.17) is 68.1 Å². The van der Waals surface area contributed by atoms with Gasteiger partial charge in [-0.05, 0) is 48.9 Å². The zero-order valence-electron chi connectivity index (χ0n) is 15.8. The van der Waals surface area contributed by atoms with Crippen molar-refractivity contribution < 1.29 is 19.1 Å². The molecule has 1 aliphatic rings. The molecule has 3 rings (SSSR count). The number of anilines is 1. The summed E-state index contributed by atoms with van der Waals surface area (Å²) in [5, 5.41) is 1.11. The molecule has 5 nitrogen and oxygen atoms in total. The molecule has 1 aliphatic heterocycles. The number of amides is 1. The van der Waals surface area contributed by atoms with Gasteiger partial charge in [-0.3, -0.25) is 9.69 Å². The van der Waals surface area contributed by atoms with Gasteiger partial charge in [-0.15, -0.1) is 0 Å². The normalized spacial score (nSPS) is 15.0. The number of carbonyl (C=O) groups excluding carboxylic acids is 2. The summed E-state index contributed by atoms with van der Waals surface area (Å²) < 4.78 is 10.5. The third kappa shape index (κ3) is 5.66. The Hall–Kier alpha value is -1.48. The number of hydrogen-bond acceptors (Lipinski definition) is 6. The summed E-state index contributed by atoms with van der Waals surface area (Å²) in [7, 11) is 0. The monoisotopic (exact) mass is 535 g/mol. The van der Waals surface area contributed by atoms with Gasteiger partial charge in [0, 0.05) is 5.02 Å². The van der Waals surface area contributed by atoms with Crippen molar-refractivity contribution in [2.45, 2.75) is 6.92 Å². The maximum atomic E-state index is 12.9. The molecule has 0 aliphatic carbocycles. The van der Waals surface area contributed by atoms with Gasteiger partial charge in [0.25, 0.3) is 5.91 Å². The SMILES string of the molecule is CCOC(=O)COc1c(Cl)cc(/C=C2/SC(=S)N(c3ccc(Cl)cc3Cl)C2=O)cc1Cl. The summed E-state index contributed by atoms with van der Waals surface area (Å²) in [5.74, 6) is -0.730. The number of rotatable bonds is 6. The van der Waals surface area contributed by atoms with Crippen LogP contribution in [0.2, 0.25) is 20.1 Å². The summed E-state index contributed by atoms with van der Waals surface area (Å²) in [6.07, 6.45) is 1.61. The lowest BCUT2D eigenvalue weighted by Crippen LogP contribution is -2.27. The molecule has 0 N–H and O–H groups in total. The van der Waals surface area contributed by atoms with Gasteiger partial charge in [-0.25, -0.2) is 4.79 Å². The number of hydrogen-bond donors (Lipinski definition) is 0. The number of esters is 1. The largest absolute Gasteiger partial charge is 0.479 e. The number of carbonyl (C=O) groups is 2. The van der Waals surface area contributed by atoms with Crippen molar-refractivity contribution in [1.82, 2.24) is 0 Å². The van der Waals surface area contributed by atoms with Gasteiger partial charge in [-0.1, -0.05) is 70.4 Å². The van der Waals surface area contributed by atoms with Crippen LogP contribution in [0.25, 0.3) is 6.08 Å². The molecule has 0 unspecified atom stereocenters. The van der Waals surface area contributed by atoms with Crippen LogP contribution >= 0.6 is 70.4 Å². The minimum absolute atomic E-state index is 0.147. The second-order valence-electron chi connectivity index (χ2n) is 6.02. The van der Waals surface area contributed by atoms with Crippen molar-refractivity contribution in [1.29, 1.82) is 0 Å². The van der Waals surface area contributed by atoms with E-state index in [-0.39, 0.29) is 34.9 Å². The van der Waals surface area contributed by atoms with E-state index in [1.165, 1.54) is 11.0 Å². The Kier molecular flexibility index (Phi) is 8.13. The van der Waals surface area contributed by atoms with Gasteiger partial charge in [0.15, 0.2) is 16.7 Å². The van der Waals surface area contributed by atoms with Crippen LogP contribution in [-0.4, -0.2) is 29.4 Å². The predicted molar refractivity (Wildman–Crippen MR) is 131 cm³/mol. The predicted octanol–water partition coefficient (Wildman–Crippen LogP) is 6.65. The van der Waals surface area contributed by atoms with Crippen molar-refractivity contribution in [3.8, 4) is 5.75 Å². The van der Waals surface area contributed by atoms with Gasteiger partial charge in [0.05, 0.1) is 32.3 Å². The van der Waals surface area contributed by atoms with Gasteiger partial charge in [0.2, 0.25) is 0 Å². The van der Waals surface area contributed by atoms with E-state index in [0.717, 1.165) is 11.8 Å². The summed E-state index contributed by atoms with van der Waals surface area (Å²) in [6.45, 7) is 1.60. The number of benzene rings is 2. The molecule has 0 saturated carbocycles. The molecule has 0 spiro atoms. The van der Waals surface area contributed by atoms with Crippen molar-refractivity contribution >= 4 is 98.3 Å². The quantitative estimate of drug-likeness (QED) is 0.234. The minimum atomic E-state index is -0.539. The third-order valence-corrected chi connectivity index (χ3v) is 6.30. The first-order valence-electron chi connectivity index (χ1n) is 8.71. The number of nitrogens with zero attached hydrogens (tertiary/aromatic N) is 1. The van der Waals surface area contributed by atoms with E-state index in [2.05, 4.69) is 0 Å². The van der Waals surface area contributed by atoms with Gasteiger partial charge < -0.3 is 9.47 Å². The topological polar surface area (TPSA) is 55.8 Å². The van der Waals surface area contributed by atoms with Crippen molar-refractivity contribution in [3.05, 3.63) is 60.9 Å². The fraction of sp³-hybridized carbons (Fsp3) is 0.150. The van der Waals surface area contributed by atoms with Crippen molar-refractivity contribution in [3.63, 3.8) is 0 Å². The van der Waals surface area contributed by atoms with E-state index >= 15 is 0 Å². The highest BCUT2D eigenvalue weighted by atomic mass is 35.5. The highest BCUT2D eigenvalue weighted by molar-refractivity contribution is 8.27. The number of ether oxygens (including phenoxy) is 2. The molecular formula is C20H13Cl4NO4S2. The van der Waals surface area contributed by atoms with E-state index in [1.807, 2.05) is 0 Å². The molecule has 1 saturated heterocycles. The van der Waals surface area contributed by atoms with Crippen LogP contribution < -0.4 is 9.64 Å². The molecule has 1 heterocycles. The zero-order valence-corrected chi connectivity index (χ0v) is 20.4. The fourth-order valence-electron chi connectivity index (χ4n) is 2.62. The Bertz CT molecular complexity index is 1080. The van der Waals surface area contributed by atoms with E-state index in [1.54, 1.807) is 37.3 Å². The molecule has 2 aromatic rings. The Morgan fingerprint density at radius 1 is 1.13 bits per heavy atom. The smallest absolute Gasteiger partial charge is 0.344 e. The molecule has 31 heavy (non-hydrogen) atoms. The van der Waals surface area contributed by atoms with Crippen LogP contribution in [0, 0.1) is 0 Å². The second-order valence-corrected chi connectivity index (χ2v) is 9.35. The summed E-state index contributed by atoms with van der Waals surface area (Å²) >= 11 is 31.2. The molecule has 0 atom stereocenters. The highest BCUT2D eigenvalue weighted by Gasteiger charge is 2.34. The van der Waals surface area contributed by atoms with Crippen molar-refractivity contribution in [2.24, 2.45) is 0 Å². The Labute approximate surface area is 208 Å². The van der Waals surface area contributed by atoms with Crippen molar-refractivity contribution in [2.75, 3.05) is 18.1 Å². The first kappa shape index (κ1) is 24.2. The number of thioether (sulfide) groups is 1. The summed E-state index contributed by atoms with van der Waals surface area (Å²) in [5.41, 5.74) is 0.997. The third-order valence-electron chi connectivity index (χ3n) is 3.90. The average molecular weight is 537 g/mol. The van der Waals surface area contributed by atoms with Gasteiger partial charge in [-0.2, -0.15) is 0 Å². The van der Waals surface area contributed by atoms with Crippen LogP contribution in [0.3, 0.4) is 0 Å². The van der Waals surface area contributed by atoms with Crippen LogP contribution in [0.4, 0.5) is 5.69 Å². The van der Waals surface area contributed by atoms with E-state index in [0.29, 0.717) is 30.5 Å². The van der Waals surface area contributed by atoms with Crippen LogP contribution in [-0.2, 0) is 14.3 Å². The Morgan fingerprint density at radius 3 is 2.42 bits per heavy atom. The van der Waals surface area contributed by atoms with Crippen LogP contribution in [0.5, 0.6) is 5.75 Å². The second kappa shape index (κ2) is 10.4. The molecule has 1 amide bonds. The molecule has 0 aromatic heterocycles. The summed E-state index contributed by atoms with van der Waals surface area (Å²) in [6, 6.07) is 7.92. The highest BCUT2D eigenvalue weighted by Crippen LogP contribution is 2.41. The lowest BCUT2D eigenvalue weighted by Gasteiger charge is -2.16. The average Bonchev–Trinajstić information content (AvgIpc) is 2.95. The maximum Gasteiger partial charge on any atom is 0.344 e. The first-order valence-corrected chi connectivity index (χ1v) is 11.5. The van der Waals surface area contributed by atoms with Gasteiger partial charge >= 0.3 is 5.97 Å². The Balaban J connectivity index is 1.84. The molecular weight excluding hydrogens is 524 g/mol. The molecule has 0 bridgehead atoms. The summed E-state index contributed by atoms with van der Waals surface area (Å²) in [4.78, 5) is 26.1. The molecule has 162 valence electrons. The minimum Gasteiger partial charge on any atom is -0.479 e. The molecule has 0 radical (unpaired) electrons. The zero-order chi connectivity index (χ0) is 22.7. The standard InChI is InChI=1S/C20H13Cl4NO4S2/c1-2-28-17(26)9-29-18-13(23)5-10(6-14(18)24)7-16-19(27)25(20(30)31-16)15-4-3-11(21)8-12(15)22/h3-8H,2,9H2,1H3/b16-7+. The first-order chi connectivity index (χ1) is 14.7. The molecule has 11 heteroatoms. The van der Waals surface area contributed by atoms with Crippen LogP contribution in [0.15, 0.2) is 35.2 Å². The fourth-order valence-corrected chi connectivity index (χ4v) is 5.01.